The van der Waals surface area contributed by atoms with Crippen molar-refractivity contribution in [2.45, 2.75) is 32.7 Å². The second-order valence-electron chi connectivity index (χ2n) is 5.39. The number of aromatic nitrogens is 1. The molecule has 1 amide bonds. The van der Waals surface area contributed by atoms with E-state index in [0.717, 1.165) is 20.9 Å². The Morgan fingerprint density at radius 3 is 2.77 bits per heavy atom. The molecular formula is C16H19BrN2O3. The Hall–Kier alpha value is -1.82. The van der Waals surface area contributed by atoms with Gasteiger partial charge in [0.05, 0.1) is 0 Å². The molecule has 2 unspecified atom stereocenters. The number of fused-ring (bicyclic) bond motifs is 1. The van der Waals surface area contributed by atoms with Gasteiger partial charge >= 0.3 is 5.97 Å². The summed E-state index contributed by atoms with van der Waals surface area (Å²) in [5.74, 6) is -1.46. The van der Waals surface area contributed by atoms with Crippen molar-refractivity contribution in [3.63, 3.8) is 0 Å². The number of H-pyrrole nitrogens is 1. The van der Waals surface area contributed by atoms with Crippen molar-refractivity contribution in [1.82, 2.24) is 10.3 Å². The lowest BCUT2D eigenvalue weighted by Crippen LogP contribution is -2.44. The molecule has 0 aliphatic heterocycles. The second kappa shape index (κ2) is 6.96. The molecular weight excluding hydrogens is 348 g/mol. The van der Waals surface area contributed by atoms with Gasteiger partial charge < -0.3 is 15.4 Å². The van der Waals surface area contributed by atoms with Gasteiger partial charge in [0, 0.05) is 33.9 Å². The quantitative estimate of drug-likeness (QED) is 0.734. The number of amides is 1. The van der Waals surface area contributed by atoms with Crippen LogP contribution < -0.4 is 5.32 Å². The standard InChI is InChI=1S/C16H19BrN2O3/c1-3-9(2)15(20)19-13(16(21)22)7-10-8-18-12-6-4-5-11(17)14(10)12/h4-6,8-9,13,18H,3,7H2,1-2H3,(H,19,20)(H,21,22). The van der Waals surface area contributed by atoms with Crippen molar-refractivity contribution >= 4 is 38.7 Å². The summed E-state index contributed by atoms with van der Waals surface area (Å²) in [5.41, 5.74) is 1.79. The average molecular weight is 367 g/mol. The molecule has 0 saturated heterocycles. The van der Waals surface area contributed by atoms with Gasteiger partial charge in [-0.1, -0.05) is 35.8 Å². The fraction of sp³-hybridized carbons (Fsp3) is 0.375. The molecule has 1 aromatic heterocycles. The number of halogens is 1. The van der Waals surface area contributed by atoms with E-state index in [-0.39, 0.29) is 18.2 Å². The van der Waals surface area contributed by atoms with Crippen LogP contribution in [0.1, 0.15) is 25.8 Å². The molecule has 0 aliphatic rings. The summed E-state index contributed by atoms with van der Waals surface area (Å²) in [6.45, 7) is 3.69. The van der Waals surface area contributed by atoms with Crippen LogP contribution in [-0.4, -0.2) is 28.0 Å². The number of hydrogen-bond acceptors (Lipinski definition) is 2. The molecule has 0 bridgehead atoms. The van der Waals surface area contributed by atoms with E-state index in [1.807, 2.05) is 25.1 Å². The second-order valence-corrected chi connectivity index (χ2v) is 6.24. The SMILES string of the molecule is CCC(C)C(=O)NC(Cc1c[nH]c2cccc(Br)c12)C(=O)O. The van der Waals surface area contributed by atoms with Crippen LogP contribution in [0.2, 0.25) is 0 Å². The highest BCUT2D eigenvalue weighted by Crippen LogP contribution is 2.27. The molecule has 0 saturated carbocycles. The Morgan fingerprint density at radius 2 is 2.14 bits per heavy atom. The van der Waals surface area contributed by atoms with Gasteiger partial charge in [-0.05, 0) is 24.1 Å². The van der Waals surface area contributed by atoms with E-state index >= 15 is 0 Å². The van der Waals surface area contributed by atoms with Gasteiger partial charge in [-0.25, -0.2) is 4.79 Å². The summed E-state index contributed by atoms with van der Waals surface area (Å²) >= 11 is 3.48. The minimum Gasteiger partial charge on any atom is -0.480 e. The third kappa shape index (κ3) is 3.50. The maximum atomic E-state index is 12.0. The average Bonchev–Trinajstić information content (AvgIpc) is 2.90. The molecule has 2 atom stereocenters. The number of aromatic amines is 1. The first-order valence-electron chi connectivity index (χ1n) is 7.21. The molecule has 118 valence electrons. The van der Waals surface area contributed by atoms with Gasteiger partial charge in [0.25, 0.3) is 0 Å². The van der Waals surface area contributed by atoms with Gasteiger partial charge in [-0.2, -0.15) is 0 Å². The number of aliphatic carboxylic acids is 1. The summed E-state index contributed by atoms with van der Waals surface area (Å²) in [6.07, 6.45) is 2.71. The third-order valence-electron chi connectivity index (χ3n) is 3.84. The van der Waals surface area contributed by atoms with Gasteiger partial charge in [0.1, 0.15) is 6.04 Å². The van der Waals surface area contributed by atoms with Crippen LogP contribution in [0.25, 0.3) is 10.9 Å². The number of nitrogens with one attached hydrogen (secondary N) is 2. The van der Waals surface area contributed by atoms with Crippen molar-refractivity contribution in [2.24, 2.45) is 5.92 Å². The monoisotopic (exact) mass is 366 g/mol. The predicted molar refractivity (Wildman–Crippen MR) is 88.7 cm³/mol. The Balaban J connectivity index is 2.24. The highest BCUT2D eigenvalue weighted by molar-refractivity contribution is 9.10. The fourth-order valence-electron chi connectivity index (χ4n) is 2.29. The molecule has 0 radical (unpaired) electrons. The summed E-state index contributed by atoms with van der Waals surface area (Å²) in [6, 6.07) is 4.81. The zero-order valence-corrected chi connectivity index (χ0v) is 14.1. The normalized spacial score (nSPS) is 13.8. The Labute approximate surface area is 137 Å². The first-order valence-corrected chi connectivity index (χ1v) is 8.01. The largest absolute Gasteiger partial charge is 0.480 e. The van der Waals surface area contributed by atoms with Crippen LogP contribution in [-0.2, 0) is 16.0 Å². The van der Waals surface area contributed by atoms with Crippen LogP contribution in [0.15, 0.2) is 28.9 Å². The number of benzene rings is 1. The molecule has 1 heterocycles. The Morgan fingerprint density at radius 1 is 1.41 bits per heavy atom. The molecule has 1 aromatic carbocycles. The molecule has 0 aliphatic carbocycles. The van der Waals surface area contributed by atoms with Crippen LogP contribution in [0.3, 0.4) is 0 Å². The number of rotatable bonds is 6. The third-order valence-corrected chi connectivity index (χ3v) is 4.50. The fourth-order valence-corrected chi connectivity index (χ4v) is 2.91. The van der Waals surface area contributed by atoms with Gasteiger partial charge in [0.15, 0.2) is 0 Å². The van der Waals surface area contributed by atoms with Gasteiger partial charge in [-0.3, -0.25) is 4.79 Å². The lowest BCUT2D eigenvalue weighted by molar-refractivity contribution is -0.142. The number of carbonyl (C=O) groups excluding carboxylic acids is 1. The van der Waals surface area contributed by atoms with Crippen LogP contribution in [0.4, 0.5) is 0 Å². The smallest absolute Gasteiger partial charge is 0.326 e. The first-order chi connectivity index (χ1) is 10.4. The Kier molecular flexibility index (Phi) is 5.24. The van der Waals surface area contributed by atoms with Crippen molar-refractivity contribution in [2.75, 3.05) is 0 Å². The number of carboxylic acid groups (broad SMARTS) is 1. The molecule has 2 rings (SSSR count). The van der Waals surface area contributed by atoms with Crippen molar-refractivity contribution in [3.05, 3.63) is 34.4 Å². The molecule has 6 heteroatoms. The highest BCUT2D eigenvalue weighted by atomic mass is 79.9. The highest BCUT2D eigenvalue weighted by Gasteiger charge is 2.24. The lowest BCUT2D eigenvalue weighted by Gasteiger charge is -2.17. The van der Waals surface area contributed by atoms with E-state index in [2.05, 4.69) is 26.2 Å². The van der Waals surface area contributed by atoms with Gasteiger partial charge in [0.2, 0.25) is 5.91 Å². The van der Waals surface area contributed by atoms with E-state index < -0.39 is 12.0 Å². The van der Waals surface area contributed by atoms with E-state index in [9.17, 15) is 14.7 Å². The molecule has 3 N–H and O–H groups in total. The molecule has 0 spiro atoms. The predicted octanol–water partition coefficient (Wildman–Crippen LogP) is 3.09. The van der Waals surface area contributed by atoms with E-state index in [4.69, 9.17) is 0 Å². The molecule has 5 nitrogen and oxygen atoms in total. The minimum atomic E-state index is -1.03. The zero-order valence-electron chi connectivity index (χ0n) is 12.5. The van der Waals surface area contributed by atoms with Gasteiger partial charge in [-0.15, -0.1) is 0 Å². The van der Waals surface area contributed by atoms with Crippen LogP contribution in [0, 0.1) is 5.92 Å². The van der Waals surface area contributed by atoms with Crippen molar-refractivity contribution in [3.8, 4) is 0 Å². The molecule has 22 heavy (non-hydrogen) atoms. The van der Waals surface area contributed by atoms with Crippen molar-refractivity contribution < 1.29 is 14.7 Å². The summed E-state index contributed by atoms with van der Waals surface area (Å²) < 4.78 is 0.902. The topological polar surface area (TPSA) is 82.2 Å². The number of hydrogen-bond donors (Lipinski definition) is 3. The summed E-state index contributed by atoms with van der Waals surface area (Å²) in [5, 5.41) is 13.0. The van der Waals surface area contributed by atoms with Crippen molar-refractivity contribution in [1.29, 1.82) is 0 Å². The first kappa shape index (κ1) is 16.5. The minimum absolute atomic E-state index is 0.198. The van der Waals surface area contributed by atoms with E-state index in [1.165, 1.54) is 0 Å². The summed E-state index contributed by atoms with van der Waals surface area (Å²) in [7, 11) is 0. The number of carbonyl (C=O) groups is 2. The van der Waals surface area contributed by atoms with E-state index in [0.29, 0.717) is 6.42 Å². The maximum Gasteiger partial charge on any atom is 0.326 e. The van der Waals surface area contributed by atoms with Crippen LogP contribution in [0.5, 0.6) is 0 Å². The number of carboxylic acids is 1. The Bertz CT molecular complexity index is 696. The molecule has 2 aromatic rings. The summed E-state index contributed by atoms with van der Waals surface area (Å²) in [4.78, 5) is 26.5. The molecule has 0 fully saturated rings. The lowest BCUT2D eigenvalue weighted by atomic mass is 10.0. The van der Waals surface area contributed by atoms with E-state index in [1.54, 1.807) is 13.1 Å². The zero-order chi connectivity index (χ0) is 16.3. The maximum absolute atomic E-state index is 12.0. The van der Waals surface area contributed by atoms with Crippen LogP contribution >= 0.6 is 15.9 Å².